The molecule has 2 N–H and O–H groups in total. The third-order valence-corrected chi connectivity index (χ3v) is 4.30. The molecule has 1 aromatic heterocycles. The van der Waals surface area contributed by atoms with Crippen molar-refractivity contribution in [2.24, 2.45) is 0 Å². The Bertz CT molecular complexity index is 959. The fourth-order valence-corrected chi connectivity index (χ4v) is 2.92. The molecule has 8 heteroatoms. The maximum atomic E-state index is 12.1. The van der Waals surface area contributed by atoms with Gasteiger partial charge in [0.1, 0.15) is 6.61 Å². The topological polar surface area (TPSA) is 77.4 Å². The Morgan fingerprint density at radius 1 is 1.15 bits per heavy atom. The second kappa shape index (κ2) is 7.59. The highest BCUT2D eigenvalue weighted by Crippen LogP contribution is 2.31. The molecular formula is C19H17ClN4O3. The summed E-state index contributed by atoms with van der Waals surface area (Å²) in [6, 6.07) is 14.2. The van der Waals surface area contributed by atoms with E-state index in [0.29, 0.717) is 29.5 Å². The van der Waals surface area contributed by atoms with Crippen molar-refractivity contribution in [3.8, 4) is 11.5 Å². The molecule has 138 valence electrons. The number of urea groups is 1. The third-order valence-electron chi connectivity index (χ3n) is 3.97. The van der Waals surface area contributed by atoms with E-state index in [2.05, 4.69) is 15.7 Å². The number of amides is 2. The van der Waals surface area contributed by atoms with E-state index in [1.807, 2.05) is 24.3 Å². The van der Waals surface area contributed by atoms with E-state index in [1.54, 1.807) is 41.3 Å². The van der Waals surface area contributed by atoms with Crippen LogP contribution in [0.15, 0.2) is 60.9 Å². The molecular weight excluding hydrogens is 368 g/mol. The number of hydrogen-bond donors (Lipinski definition) is 2. The van der Waals surface area contributed by atoms with Gasteiger partial charge in [-0.2, -0.15) is 5.10 Å². The molecule has 0 saturated carbocycles. The summed E-state index contributed by atoms with van der Waals surface area (Å²) in [5.74, 6) is 1.46. The molecule has 0 radical (unpaired) electrons. The molecule has 0 bridgehead atoms. The number of carbonyl (C=O) groups is 1. The van der Waals surface area contributed by atoms with Crippen molar-refractivity contribution in [3.05, 3.63) is 65.9 Å². The minimum atomic E-state index is -0.395. The van der Waals surface area contributed by atoms with Crippen LogP contribution >= 0.6 is 11.6 Å². The van der Waals surface area contributed by atoms with E-state index in [1.165, 1.54) is 0 Å². The Morgan fingerprint density at radius 3 is 2.78 bits per heavy atom. The van der Waals surface area contributed by atoms with Gasteiger partial charge in [0.2, 0.25) is 0 Å². The third kappa shape index (κ3) is 4.15. The highest BCUT2D eigenvalue weighted by atomic mass is 35.5. The Labute approximate surface area is 160 Å². The average molecular weight is 385 g/mol. The van der Waals surface area contributed by atoms with Crippen LogP contribution in [0.1, 0.15) is 0 Å². The molecule has 2 aromatic carbocycles. The zero-order valence-electron chi connectivity index (χ0n) is 14.3. The Kier molecular flexibility index (Phi) is 4.84. The van der Waals surface area contributed by atoms with Gasteiger partial charge in [-0.3, -0.25) is 4.68 Å². The van der Waals surface area contributed by atoms with Crippen LogP contribution in [0.2, 0.25) is 5.02 Å². The number of ether oxygens (including phenoxy) is 2. The number of nitrogens with one attached hydrogen (secondary N) is 2. The lowest BCUT2D eigenvalue weighted by Gasteiger charge is -2.26. The Morgan fingerprint density at radius 2 is 1.93 bits per heavy atom. The molecule has 0 fully saturated rings. The van der Waals surface area contributed by atoms with Crippen LogP contribution in [0.3, 0.4) is 0 Å². The van der Waals surface area contributed by atoms with Gasteiger partial charge in [0, 0.05) is 6.20 Å². The fourth-order valence-electron chi connectivity index (χ4n) is 2.74. The van der Waals surface area contributed by atoms with Crippen molar-refractivity contribution >= 4 is 29.0 Å². The maximum absolute atomic E-state index is 12.1. The maximum Gasteiger partial charge on any atom is 0.323 e. The first-order chi connectivity index (χ1) is 13.2. The van der Waals surface area contributed by atoms with Gasteiger partial charge >= 0.3 is 6.03 Å². The van der Waals surface area contributed by atoms with Crippen LogP contribution in [0.5, 0.6) is 11.5 Å². The second-order valence-electron chi connectivity index (χ2n) is 6.01. The number of benzene rings is 2. The quantitative estimate of drug-likeness (QED) is 0.712. The van der Waals surface area contributed by atoms with Crippen LogP contribution in [-0.2, 0) is 6.54 Å². The molecule has 1 unspecified atom stereocenters. The van der Waals surface area contributed by atoms with Crippen molar-refractivity contribution < 1.29 is 14.3 Å². The van der Waals surface area contributed by atoms with E-state index >= 15 is 0 Å². The van der Waals surface area contributed by atoms with E-state index in [4.69, 9.17) is 21.1 Å². The number of fused-ring (bicyclic) bond motifs is 1. The predicted molar refractivity (Wildman–Crippen MR) is 103 cm³/mol. The highest BCUT2D eigenvalue weighted by Gasteiger charge is 2.21. The molecule has 7 nitrogen and oxygen atoms in total. The van der Waals surface area contributed by atoms with Crippen molar-refractivity contribution in [1.29, 1.82) is 0 Å². The number of halogens is 1. The van der Waals surface area contributed by atoms with E-state index < -0.39 is 6.03 Å². The summed E-state index contributed by atoms with van der Waals surface area (Å²) in [7, 11) is 0. The fraction of sp³-hybridized carbons (Fsp3) is 0.158. The normalized spacial score (nSPS) is 15.2. The number of nitrogens with zero attached hydrogens (tertiary/aromatic N) is 2. The second-order valence-corrected chi connectivity index (χ2v) is 6.41. The molecule has 1 atom stereocenters. The van der Waals surface area contributed by atoms with Gasteiger partial charge in [0.05, 0.1) is 29.1 Å². The monoisotopic (exact) mass is 384 g/mol. The molecule has 2 heterocycles. The van der Waals surface area contributed by atoms with Crippen LogP contribution in [-0.4, -0.2) is 28.5 Å². The van der Waals surface area contributed by atoms with Crippen LogP contribution in [0.25, 0.3) is 0 Å². The summed E-state index contributed by atoms with van der Waals surface area (Å²) < 4.78 is 13.3. The molecule has 0 saturated heterocycles. The first-order valence-corrected chi connectivity index (χ1v) is 8.78. The molecule has 27 heavy (non-hydrogen) atoms. The number of carbonyl (C=O) groups excluding carboxylic acids is 1. The van der Waals surface area contributed by atoms with E-state index in [0.717, 1.165) is 11.5 Å². The number of aromatic nitrogens is 2. The largest absolute Gasteiger partial charge is 0.486 e. The molecule has 2 amide bonds. The number of hydrogen-bond acceptors (Lipinski definition) is 4. The molecule has 4 rings (SSSR count). The zero-order chi connectivity index (χ0) is 18.6. The molecule has 1 aliphatic heterocycles. The summed E-state index contributed by atoms with van der Waals surface area (Å²) in [4.78, 5) is 12.1. The number of anilines is 2. The molecule has 1 aliphatic rings. The van der Waals surface area contributed by atoms with Gasteiger partial charge in [-0.25, -0.2) is 4.79 Å². The van der Waals surface area contributed by atoms with Crippen LogP contribution < -0.4 is 20.1 Å². The van der Waals surface area contributed by atoms with Crippen molar-refractivity contribution in [2.75, 3.05) is 17.2 Å². The average Bonchev–Trinajstić information content (AvgIpc) is 3.10. The summed E-state index contributed by atoms with van der Waals surface area (Å²) in [5, 5.41) is 10.2. The molecule has 0 aliphatic carbocycles. The summed E-state index contributed by atoms with van der Waals surface area (Å²) >= 11 is 6.04. The standard InChI is InChI=1S/C19H17ClN4O3/c20-15-5-1-2-6-16(15)23-19(25)22-13-9-21-24(10-13)11-14-12-26-17-7-3-4-8-18(17)27-14/h1-10,14H,11-12H2,(H2,22,23,25). The SMILES string of the molecule is O=C(Nc1cnn(CC2COc3ccccc3O2)c1)Nc1ccccc1Cl. The van der Waals surface area contributed by atoms with Crippen molar-refractivity contribution in [1.82, 2.24) is 9.78 Å². The van der Waals surface area contributed by atoms with Gasteiger partial charge in [-0.15, -0.1) is 0 Å². The molecule has 0 spiro atoms. The van der Waals surface area contributed by atoms with Gasteiger partial charge < -0.3 is 20.1 Å². The number of rotatable bonds is 4. The molecule has 3 aromatic rings. The first kappa shape index (κ1) is 17.2. The van der Waals surface area contributed by atoms with E-state index in [-0.39, 0.29) is 6.10 Å². The Balaban J connectivity index is 1.34. The summed E-state index contributed by atoms with van der Waals surface area (Å²) in [5.41, 5.74) is 1.10. The predicted octanol–water partition coefficient (Wildman–Crippen LogP) is 4.02. The van der Waals surface area contributed by atoms with Crippen LogP contribution in [0.4, 0.5) is 16.2 Å². The first-order valence-electron chi connectivity index (χ1n) is 8.41. The van der Waals surface area contributed by atoms with Gasteiger partial charge in [0.15, 0.2) is 17.6 Å². The van der Waals surface area contributed by atoms with Crippen molar-refractivity contribution in [3.63, 3.8) is 0 Å². The van der Waals surface area contributed by atoms with Crippen LogP contribution in [0, 0.1) is 0 Å². The lowest BCUT2D eigenvalue weighted by atomic mass is 10.2. The minimum Gasteiger partial charge on any atom is -0.486 e. The van der Waals surface area contributed by atoms with Crippen molar-refractivity contribution in [2.45, 2.75) is 12.6 Å². The lowest BCUT2D eigenvalue weighted by molar-refractivity contribution is 0.0759. The van der Waals surface area contributed by atoms with Gasteiger partial charge in [-0.05, 0) is 24.3 Å². The highest BCUT2D eigenvalue weighted by molar-refractivity contribution is 6.33. The van der Waals surface area contributed by atoms with Gasteiger partial charge in [-0.1, -0.05) is 35.9 Å². The van der Waals surface area contributed by atoms with E-state index in [9.17, 15) is 4.79 Å². The minimum absolute atomic E-state index is 0.162. The zero-order valence-corrected chi connectivity index (χ0v) is 15.0. The number of para-hydroxylation sites is 3. The lowest BCUT2D eigenvalue weighted by Crippen LogP contribution is -2.33. The Hall–Kier alpha value is -3.19. The smallest absolute Gasteiger partial charge is 0.323 e. The summed E-state index contributed by atoms with van der Waals surface area (Å²) in [6.45, 7) is 0.939. The van der Waals surface area contributed by atoms with Gasteiger partial charge in [0.25, 0.3) is 0 Å². The summed E-state index contributed by atoms with van der Waals surface area (Å²) in [6.07, 6.45) is 3.14.